The molecule has 3 nitrogen and oxygen atoms in total. The smallest absolute Gasteiger partial charge is 0.303 e. The third-order valence-electron chi connectivity index (χ3n) is 3.78. The summed E-state index contributed by atoms with van der Waals surface area (Å²) in [7, 11) is 0.294. The molecule has 0 radical (unpaired) electrons. The molecule has 0 heterocycles. The molecule has 1 atom stereocenters. The maximum absolute atomic E-state index is 11.5. The number of carbonyl (C=O) groups is 1. The van der Waals surface area contributed by atoms with Crippen molar-refractivity contribution in [2.24, 2.45) is 0 Å². The van der Waals surface area contributed by atoms with Crippen LogP contribution in [0.5, 0.6) is 5.75 Å². The summed E-state index contributed by atoms with van der Waals surface area (Å²) in [5.74, 6) is 0.490. The molecule has 0 fully saturated rings. The highest BCUT2D eigenvalue weighted by Crippen LogP contribution is 2.27. The summed E-state index contributed by atoms with van der Waals surface area (Å²) in [6.45, 7) is 8.38. The molecular weight excluding hydrogens is 304 g/mol. The van der Waals surface area contributed by atoms with Crippen LogP contribution in [-0.4, -0.2) is 21.2 Å². The molecule has 0 amide bonds. The molecule has 0 saturated heterocycles. The summed E-state index contributed by atoms with van der Waals surface area (Å²) in [4.78, 5) is 11.5. The Balaban J connectivity index is 2.35. The predicted molar refractivity (Wildman–Crippen MR) is 96.0 cm³/mol. The van der Waals surface area contributed by atoms with Gasteiger partial charge in [-0.2, -0.15) is 0 Å². The van der Waals surface area contributed by atoms with Crippen molar-refractivity contribution in [3.63, 3.8) is 0 Å². The van der Waals surface area contributed by atoms with Crippen molar-refractivity contribution in [1.82, 2.24) is 0 Å². The first-order chi connectivity index (χ1) is 10.8. The summed E-state index contributed by atoms with van der Waals surface area (Å²) in [6, 6.07) is 16.0. The van der Waals surface area contributed by atoms with Crippen molar-refractivity contribution in [3.8, 4) is 5.75 Å². The van der Waals surface area contributed by atoms with Crippen LogP contribution >= 0.6 is 0 Å². The molecule has 0 unspecified atom stereocenters. The van der Waals surface area contributed by atoms with Gasteiger partial charge in [0.1, 0.15) is 5.75 Å². The Kier molecular flexibility index (Phi) is 5.26. The Morgan fingerprint density at radius 1 is 0.913 bits per heavy atom. The lowest BCUT2D eigenvalue weighted by Gasteiger charge is -2.21. The molecule has 4 heteroatoms. The van der Waals surface area contributed by atoms with Gasteiger partial charge in [0.25, 0.3) is 0 Å². The zero-order valence-electron chi connectivity index (χ0n) is 14.4. The monoisotopic (exact) mass is 328 g/mol. The van der Waals surface area contributed by atoms with E-state index in [1.165, 1.54) is 12.1 Å². The lowest BCUT2D eigenvalue weighted by Crippen LogP contribution is -2.37. The molecule has 0 aliphatic heterocycles. The fourth-order valence-electron chi connectivity index (χ4n) is 2.43. The third kappa shape index (κ3) is 4.45. The second-order valence-corrected chi connectivity index (χ2v) is 11.7. The van der Waals surface area contributed by atoms with Gasteiger partial charge >= 0.3 is 5.97 Å². The van der Waals surface area contributed by atoms with Crippen LogP contribution in [0.3, 0.4) is 0 Å². The molecule has 2 aromatic carbocycles. The molecule has 0 bridgehead atoms. The van der Waals surface area contributed by atoms with Crippen LogP contribution in [0.2, 0.25) is 19.6 Å². The molecule has 0 saturated carbocycles. The number of methoxy groups -OCH3 is 1. The number of benzene rings is 2. The van der Waals surface area contributed by atoms with Crippen LogP contribution < -0.4 is 9.92 Å². The summed E-state index contributed by atoms with van der Waals surface area (Å²) in [5, 5.41) is 1.39. The minimum Gasteiger partial charge on any atom is -0.497 e. The number of esters is 1. The Bertz CT molecular complexity index is 655. The van der Waals surface area contributed by atoms with Crippen molar-refractivity contribution in [1.29, 1.82) is 0 Å². The highest BCUT2D eigenvalue weighted by molar-refractivity contribution is 6.88. The van der Waals surface area contributed by atoms with Crippen molar-refractivity contribution >= 4 is 19.2 Å². The second kappa shape index (κ2) is 7.00. The topological polar surface area (TPSA) is 35.5 Å². The van der Waals surface area contributed by atoms with Crippen LogP contribution in [-0.2, 0) is 9.53 Å². The van der Waals surface area contributed by atoms with Gasteiger partial charge in [-0.05, 0) is 23.3 Å². The average molecular weight is 328 g/mol. The number of hydrogen-bond donors (Lipinski definition) is 0. The minimum atomic E-state index is -1.34. The van der Waals surface area contributed by atoms with Gasteiger partial charge in [-0.15, -0.1) is 0 Å². The van der Waals surface area contributed by atoms with E-state index in [1.54, 1.807) is 7.11 Å². The van der Waals surface area contributed by atoms with E-state index in [0.29, 0.717) is 0 Å². The predicted octanol–water partition coefficient (Wildman–Crippen LogP) is 3.89. The lowest BCUT2D eigenvalue weighted by molar-refractivity contribution is -0.144. The van der Waals surface area contributed by atoms with Crippen LogP contribution in [0.1, 0.15) is 24.2 Å². The maximum Gasteiger partial charge on any atom is 0.303 e. The quantitative estimate of drug-likeness (QED) is 0.617. The molecule has 0 aromatic heterocycles. The van der Waals surface area contributed by atoms with Crippen molar-refractivity contribution in [3.05, 3.63) is 59.7 Å². The molecule has 2 rings (SSSR count). The largest absolute Gasteiger partial charge is 0.497 e. The highest BCUT2D eigenvalue weighted by Gasteiger charge is 2.20. The van der Waals surface area contributed by atoms with Gasteiger partial charge in [0.05, 0.1) is 15.2 Å². The SMILES string of the molecule is COc1ccc([C@@H](OC(C)=O)c2ccc([Si](C)(C)C)cc2)cc1. The summed E-state index contributed by atoms with van der Waals surface area (Å²) in [5.41, 5.74) is 1.91. The average Bonchev–Trinajstić information content (AvgIpc) is 2.52. The van der Waals surface area contributed by atoms with E-state index < -0.39 is 14.2 Å². The van der Waals surface area contributed by atoms with E-state index >= 15 is 0 Å². The van der Waals surface area contributed by atoms with Gasteiger partial charge in [0.15, 0.2) is 6.10 Å². The molecule has 23 heavy (non-hydrogen) atoms. The number of rotatable bonds is 5. The van der Waals surface area contributed by atoms with Crippen LogP contribution in [0.15, 0.2) is 48.5 Å². The van der Waals surface area contributed by atoms with Gasteiger partial charge < -0.3 is 9.47 Å². The maximum atomic E-state index is 11.5. The molecule has 122 valence electrons. The van der Waals surface area contributed by atoms with E-state index in [2.05, 4.69) is 43.9 Å². The van der Waals surface area contributed by atoms with Gasteiger partial charge in [-0.25, -0.2) is 0 Å². The molecule has 0 spiro atoms. The standard InChI is InChI=1S/C19H24O3Si/c1-14(20)22-19(15-6-10-17(21-2)11-7-15)16-8-12-18(13-9-16)23(3,4)5/h6-13,19H,1-5H3/t19-/m1/s1. The van der Waals surface area contributed by atoms with Gasteiger partial charge in [-0.3, -0.25) is 4.79 Å². The number of hydrogen-bond acceptors (Lipinski definition) is 3. The van der Waals surface area contributed by atoms with Crippen LogP contribution in [0, 0.1) is 0 Å². The summed E-state index contributed by atoms with van der Waals surface area (Å²) >= 11 is 0. The van der Waals surface area contributed by atoms with Crippen LogP contribution in [0.25, 0.3) is 0 Å². The van der Waals surface area contributed by atoms with Gasteiger partial charge in [-0.1, -0.05) is 61.2 Å². The van der Waals surface area contributed by atoms with E-state index in [1.807, 2.05) is 24.3 Å². The normalized spacial score (nSPS) is 12.6. The van der Waals surface area contributed by atoms with Gasteiger partial charge in [0.2, 0.25) is 0 Å². The third-order valence-corrected chi connectivity index (χ3v) is 5.85. The molecule has 0 aliphatic carbocycles. The van der Waals surface area contributed by atoms with E-state index in [-0.39, 0.29) is 5.97 Å². The number of ether oxygens (including phenoxy) is 2. The zero-order chi connectivity index (χ0) is 17.0. The Hall–Kier alpha value is -2.07. The highest BCUT2D eigenvalue weighted by atomic mass is 28.3. The lowest BCUT2D eigenvalue weighted by atomic mass is 10.0. The molecule has 2 aromatic rings. The van der Waals surface area contributed by atoms with Crippen molar-refractivity contribution < 1.29 is 14.3 Å². The molecule has 0 aliphatic rings. The van der Waals surface area contributed by atoms with Crippen LogP contribution in [0.4, 0.5) is 0 Å². The second-order valence-electron chi connectivity index (χ2n) is 6.63. The Morgan fingerprint density at radius 3 is 1.78 bits per heavy atom. The number of carbonyl (C=O) groups excluding carboxylic acids is 1. The fourth-order valence-corrected chi connectivity index (χ4v) is 3.60. The summed E-state index contributed by atoms with van der Waals surface area (Å²) < 4.78 is 10.7. The fraction of sp³-hybridized carbons (Fsp3) is 0.316. The first kappa shape index (κ1) is 17.3. The molecular formula is C19H24O3Si. The first-order valence-corrected chi connectivity index (χ1v) is 11.2. The Morgan fingerprint density at radius 2 is 1.39 bits per heavy atom. The van der Waals surface area contributed by atoms with Crippen molar-refractivity contribution in [2.75, 3.05) is 7.11 Å². The van der Waals surface area contributed by atoms with E-state index in [9.17, 15) is 4.79 Å². The molecule has 0 N–H and O–H groups in total. The van der Waals surface area contributed by atoms with E-state index in [4.69, 9.17) is 9.47 Å². The summed E-state index contributed by atoms with van der Waals surface area (Å²) in [6.07, 6.45) is -0.394. The Labute approximate surface area is 139 Å². The zero-order valence-corrected chi connectivity index (χ0v) is 15.4. The van der Waals surface area contributed by atoms with E-state index in [0.717, 1.165) is 16.9 Å². The minimum absolute atomic E-state index is 0.292. The van der Waals surface area contributed by atoms with Gasteiger partial charge in [0, 0.05) is 6.92 Å². The first-order valence-electron chi connectivity index (χ1n) is 7.73. The van der Waals surface area contributed by atoms with Crippen molar-refractivity contribution in [2.45, 2.75) is 32.7 Å².